The number of nitrogens with zero attached hydrogens (tertiary/aromatic N) is 3. The summed E-state index contributed by atoms with van der Waals surface area (Å²) < 4.78 is 45.7. The smallest absolute Gasteiger partial charge is 0.416 e. The number of carbonyl (C=O) groups is 1. The zero-order valence-electron chi connectivity index (χ0n) is 15.0. The van der Waals surface area contributed by atoms with Crippen molar-refractivity contribution in [3.05, 3.63) is 83.6 Å². The van der Waals surface area contributed by atoms with Gasteiger partial charge in [0.15, 0.2) is 5.76 Å². The number of anilines is 1. The van der Waals surface area contributed by atoms with E-state index in [-0.39, 0.29) is 17.1 Å². The third kappa shape index (κ3) is 3.92. The van der Waals surface area contributed by atoms with Gasteiger partial charge in [0, 0.05) is 5.56 Å². The number of benzene rings is 2. The van der Waals surface area contributed by atoms with Gasteiger partial charge in [-0.15, -0.1) is 0 Å². The van der Waals surface area contributed by atoms with Crippen LogP contribution in [0.5, 0.6) is 0 Å². The average Bonchev–Trinajstić information content (AvgIpc) is 3.40. The van der Waals surface area contributed by atoms with E-state index in [4.69, 9.17) is 16.0 Å². The number of nitrogens with one attached hydrogen (secondary N) is 1. The highest BCUT2D eigenvalue weighted by Gasteiger charge is 2.30. The quantitative estimate of drug-likeness (QED) is 0.465. The number of carbonyl (C=O) groups excluding carboxylic acids is 1. The van der Waals surface area contributed by atoms with E-state index in [1.165, 1.54) is 41.6 Å². The van der Waals surface area contributed by atoms with E-state index in [2.05, 4.69) is 15.4 Å². The van der Waals surface area contributed by atoms with E-state index >= 15 is 0 Å². The van der Waals surface area contributed by atoms with Crippen molar-refractivity contribution >= 4 is 23.2 Å². The normalized spacial score (nSPS) is 11.5. The van der Waals surface area contributed by atoms with Crippen LogP contribution in [-0.4, -0.2) is 20.7 Å². The molecule has 0 spiro atoms. The molecule has 0 bridgehead atoms. The van der Waals surface area contributed by atoms with Gasteiger partial charge in [-0.1, -0.05) is 29.8 Å². The Kier molecular flexibility index (Phi) is 5.04. The van der Waals surface area contributed by atoms with Crippen LogP contribution in [0.25, 0.3) is 17.0 Å². The molecule has 0 aliphatic heterocycles. The van der Waals surface area contributed by atoms with Crippen LogP contribution >= 0.6 is 11.6 Å². The number of rotatable bonds is 4. The molecule has 0 saturated heterocycles. The molecule has 0 aliphatic rings. The monoisotopic (exact) mass is 432 g/mol. The van der Waals surface area contributed by atoms with Crippen molar-refractivity contribution in [3.63, 3.8) is 0 Å². The molecule has 0 atom stereocenters. The summed E-state index contributed by atoms with van der Waals surface area (Å²) in [6, 6.07) is 12.4. The molecule has 0 aliphatic carbocycles. The molecule has 0 radical (unpaired) electrons. The molecule has 4 rings (SSSR count). The summed E-state index contributed by atoms with van der Waals surface area (Å²) in [6.45, 7) is 0. The van der Waals surface area contributed by atoms with Crippen molar-refractivity contribution in [1.29, 1.82) is 0 Å². The lowest BCUT2D eigenvalue weighted by molar-refractivity contribution is -0.137. The molecule has 152 valence electrons. The number of alkyl halides is 3. The van der Waals surface area contributed by atoms with Gasteiger partial charge in [-0.3, -0.25) is 4.79 Å². The van der Waals surface area contributed by atoms with Crippen molar-refractivity contribution in [2.45, 2.75) is 6.18 Å². The van der Waals surface area contributed by atoms with Crippen LogP contribution in [-0.2, 0) is 6.18 Å². The fourth-order valence-corrected chi connectivity index (χ4v) is 3.08. The molecule has 6 nitrogen and oxygen atoms in total. The van der Waals surface area contributed by atoms with E-state index in [9.17, 15) is 18.0 Å². The van der Waals surface area contributed by atoms with E-state index in [0.29, 0.717) is 16.4 Å². The van der Waals surface area contributed by atoms with E-state index in [1.807, 2.05) is 0 Å². The SMILES string of the molecule is O=C(Nc1cccc(Cl)c1-n1cncn1)c1ccc(-c2cccc(C(F)(F)F)c2)o1. The molecule has 0 saturated carbocycles. The minimum Gasteiger partial charge on any atom is -0.451 e. The second-order valence-electron chi connectivity index (χ2n) is 6.17. The Morgan fingerprint density at radius 1 is 1.10 bits per heavy atom. The first-order valence-electron chi connectivity index (χ1n) is 8.55. The number of para-hydroxylation sites is 1. The van der Waals surface area contributed by atoms with Crippen molar-refractivity contribution in [1.82, 2.24) is 14.8 Å². The third-order valence-electron chi connectivity index (χ3n) is 4.19. The first-order valence-corrected chi connectivity index (χ1v) is 8.93. The van der Waals surface area contributed by atoms with Gasteiger partial charge in [-0.05, 0) is 36.4 Å². The summed E-state index contributed by atoms with van der Waals surface area (Å²) in [5.74, 6) is -0.544. The molecule has 0 unspecified atom stereocenters. The summed E-state index contributed by atoms with van der Waals surface area (Å²) in [5, 5.41) is 7.02. The van der Waals surface area contributed by atoms with Crippen LogP contribution in [0.1, 0.15) is 16.1 Å². The zero-order valence-corrected chi connectivity index (χ0v) is 15.8. The number of aromatic nitrogens is 3. The minimum absolute atomic E-state index is 0.0769. The fraction of sp³-hybridized carbons (Fsp3) is 0.0500. The Morgan fingerprint density at radius 2 is 1.90 bits per heavy atom. The largest absolute Gasteiger partial charge is 0.451 e. The molecule has 1 amide bonds. The van der Waals surface area contributed by atoms with Crippen LogP contribution in [0.15, 0.2) is 71.7 Å². The van der Waals surface area contributed by atoms with Crippen LogP contribution in [0.2, 0.25) is 5.02 Å². The Balaban J connectivity index is 1.60. The average molecular weight is 433 g/mol. The number of hydrogen-bond acceptors (Lipinski definition) is 4. The molecule has 30 heavy (non-hydrogen) atoms. The summed E-state index contributed by atoms with van der Waals surface area (Å²) in [5.41, 5.74) is 0.165. The summed E-state index contributed by atoms with van der Waals surface area (Å²) in [7, 11) is 0. The second-order valence-corrected chi connectivity index (χ2v) is 6.58. The maximum Gasteiger partial charge on any atom is 0.416 e. The van der Waals surface area contributed by atoms with Crippen LogP contribution in [0, 0.1) is 0 Å². The number of hydrogen-bond donors (Lipinski definition) is 1. The summed E-state index contributed by atoms with van der Waals surface area (Å²) >= 11 is 6.23. The van der Waals surface area contributed by atoms with Crippen LogP contribution in [0.3, 0.4) is 0 Å². The lowest BCUT2D eigenvalue weighted by atomic mass is 10.1. The second kappa shape index (κ2) is 7.68. The maximum atomic E-state index is 12.9. The van der Waals surface area contributed by atoms with Gasteiger partial charge in [0.1, 0.15) is 24.1 Å². The molecule has 2 aromatic heterocycles. The molecule has 1 N–H and O–H groups in total. The van der Waals surface area contributed by atoms with Gasteiger partial charge in [0.25, 0.3) is 5.91 Å². The van der Waals surface area contributed by atoms with Crippen molar-refractivity contribution < 1.29 is 22.4 Å². The summed E-state index contributed by atoms with van der Waals surface area (Å²) in [6.07, 6.45) is -1.73. The molecule has 0 fully saturated rings. The topological polar surface area (TPSA) is 73.0 Å². The fourth-order valence-electron chi connectivity index (χ4n) is 2.82. The number of halogens is 4. The molecule has 2 heterocycles. The zero-order chi connectivity index (χ0) is 21.3. The Labute approximate surface area is 172 Å². The highest BCUT2D eigenvalue weighted by Crippen LogP contribution is 2.33. The highest BCUT2D eigenvalue weighted by molar-refractivity contribution is 6.33. The molecular formula is C20H12ClF3N4O2. The van der Waals surface area contributed by atoms with Gasteiger partial charge in [-0.2, -0.15) is 18.3 Å². The Bertz CT molecular complexity index is 1200. The first kappa shape index (κ1) is 19.7. The van der Waals surface area contributed by atoms with Gasteiger partial charge in [0.05, 0.1) is 16.3 Å². The van der Waals surface area contributed by atoms with Gasteiger partial charge >= 0.3 is 6.18 Å². The van der Waals surface area contributed by atoms with Crippen molar-refractivity contribution in [2.24, 2.45) is 0 Å². The van der Waals surface area contributed by atoms with Crippen LogP contribution in [0.4, 0.5) is 18.9 Å². The maximum absolute atomic E-state index is 12.9. The standard InChI is InChI=1S/C20H12ClF3N4O2/c21-14-5-2-6-15(18(14)28-11-25-10-26-28)27-19(29)17-8-7-16(30-17)12-3-1-4-13(9-12)20(22,23)24/h1-11H,(H,27,29). The van der Waals surface area contributed by atoms with Crippen molar-refractivity contribution in [2.75, 3.05) is 5.32 Å². The van der Waals surface area contributed by atoms with E-state index in [1.54, 1.807) is 18.2 Å². The third-order valence-corrected chi connectivity index (χ3v) is 4.49. The molecule has 2 aromatic carbocycles. The summed E-state index contributed by atoms with van der Waals surface area (Å²) in [4.78, 5) is 16.5. The lowest BCUT2D eigenvalue weighted by Crippen LogP contribution is -2.13. The van der Waals surface area contributed by atoms with E-state index < -0.39 is 17.6 Å². The number of amides is 1. The predicted molar refractivity (Wildman–Crippen MR) is 103 cm³/mol. The lowest BCUT2D eigenvalue weighted by Gasteiger charge is -2.11. The molecule has 10 heteroatoms. The van der Waals surface area contributed by atoms with E-state index in [0.717, 1.165) is 12.1 Å². The van der Waals surface area contributed by atoms with Crippen LogP contribution < -0.4 is 5.32 Å². The minimum atomic E-state index is -4.48. The Morgan fingerprint density at radius 3 is 2.63 bits per heavy atom. The van der Waals surface area contributed by atoms with Gasteiger partial charge < -0.3 is 9.73 Å². The molecular weight excluding hydrogens is 421 g/mol. The van der Waals surface area contributed by atoms with Gasteiger partial charge in [-0.25, -0.2) is 9.67 Å². The highest BCUT2D eigenvalue weighted by atomic mass is 35.5. The van der Waals surface area contributed by atoms with Gasteiger partial charge in [0.2, 0.25) is 0 Å². The predicted octanol–water partition coefficient (Wildman–Crippen LogP) is 5.45. The van der Waals surface area contributed by atoms with Crippen molar-refractivity contribution in [3.8, 4) is 17.0 Å². The first-order chi connectivity index (χ1) is 14.3. The number of furan rings is 1. The molecule has 4 aromatic rings. The Hall–Kier alpha value is -3.59.